The van der Waals surface area contributed by atoms with Crippen LogP contribution >= 0.6 is 0 Å². The van der Waals surface area contributed by atoms with Gasteiger partial charge in [0.1, 0.15) is 17.8 Å². The van der Waals surface area contributed by atoms with Crippen LogP contribution in [0.15, 0.2) is 24.3 Å². The molecule has 1 aliphatic carbocycles. The Balaban J connectivity index is 1.83. The molecule has 3 rings (SSSR count). The summed E-state index contributed by atoms with van der Waals surface area (Å²) in [5.41, 5.74) is 1.19. The molecule has 0 unspecified atom stereocenters. The van der Waals surface area contributed by atoms with Gasteiger partial charge in [-0.1, -0.05) is 6.07 Å². The number of benzene rings is 1. The number of carbonyl (C=O) groups excluding carboxylic acids is 1. The second-order valence-electron chi connectivity index (χ2n) is 5.54. The van der Waals surface area contributed by atoms with E-state index in [0.717, 1.165) is 37.0 Å². The first-order valence-corrected chi connectivity index (χ1v) is 7.11. The fourth-order valence-electron chi connectivity index (χ4n) is 2.98. The average Bonchev–Trinajstić information content (AvgIpc) is 2.85. The van der Waals surface area contributed by atoms with Crippen molar-refractivity contribution in [2.75, 3.05) is 5.32 Å². The van der Waals surface area contributed by atoms with E-state index >= 15 is 0 Å². The van der Waals surface area contributed by atoms with Crippen molar-refractivity contribution in [1.82, 2.24) is 0 Å². The van der Waals surface area contributed by atoms with E-state index in [1.807, 2.05) is 12.1 Å². The smallest absolute Gasteiger partial charge is 0.312 e. The Morgan fingerprint density at radius 2 is 2.05 bits per heavy atom. The number of ether oxygens (including phenoxy) is 1. The molecular formula is C16H17NO4. The molecule has 1 aromatic rings. The van der Waals surface area contributed by atoms with Crippen molar-refractivity contribution in [2.45, 2.75) is 37.7 Å². The SMILES string of the molecule is O=C(O)CC(=O)Nc1cccc2c1C=CC1(CCCC1)O2. The fraction of sp³-hybridized carbons (Fsp3) is 0.375. The van der Waals surface area contributed by atoms with E-state index in [4.69, 9.17) is 9.84 Å². The number of carboxylic acids is 1. The standard InChI is InChI=1S/C16H17NO4/c18-14(10-15(19)20)17-12-4-3-5-13-11(12)6-9-16(21-13)7-1-2-8-16/h3-6,9H,1-2,7-8,10H2,(H,17,18)(H,19,20). The van der Waals surface area contributed by atoms with Gasteiger partial charge in [-0.2, -0.15) is 0 Å². The topological polar surface area (TPSA) is 75.6 Å². The predicted octanol–water partition coefficient (Wildman–Crippen LogP) is 2.82. The summed E-state index contributed by atoms with van der Waals surface area (Å²) < 4.78 is 6.13. The first-order valence-electron chi connectivity index (χ1n) is 7.11. The van der Waals surface area contributed by atoms with Gasteiger partial charge >= 0.3 is 5.97 Å². The lowest BCUT2D eigenvalue weighted by Gasteiger charge is -2.32. The Morgan fingerprint density at radius 1 is 1.29 bits per heavy atom. The molecule has 1 saturated carbocycles. The van der Waals surface area contributed by atoms with Crippen LogP contribution in [0.1, 0.15) is 37.7 Å². The van der Waals surface area contributed by atoms with Crippen molar-refractivity contribution >= 4 is 23.6 Å². The maximum atomic E-state index is 11.6. The van der Waals surface area contributed by atoms with Crippen LogP contribution in [0.25, 0.3) is 6.08 Å². The molecule has 5 heteroatoms. The first kappa shape index (κ1) is 13.7. The Kier molecular flexibility index (Phi) is 3.41. The van der Waals surface area contributed by atoms with Gasteiger partial charge in [-0.15, -0.1) is 0 Å². The summed E-state index contributed by atoms with van der Waals surface area (Å²) in [6.07, 6.45) is 7.84. The van der Waals surface area contributed by atoms with Crippen LogP contribution in [0.3, 0.4) is 0 Å². The molecule has 0 radical (unpaired) electrons. The zero-order valence-electron chi connectivity index (χ0n) is 11.6. The number of amides is 1. The van der Waals surface area contributed by atoms with Gasteiger partial charge in [0.25, 0.3) is 0 Å². The highest BCUT2D eigenvalue weighted by atomic mass is 16.5. The van der Waals surface area contributed by atoms with Crippen molar-refractivity contribution in [2.24, 2.45) is 0 Å². The van der Waals surface area contributed by atoms with E-state index in [0.29, 0.717) is 5.69 Å². The van der Waals surface area contributed by atoms with Crippen LogP contribution in [-0.2, 0) is 9.59 Å². The normalized spacial score (nSPS) is 18.1. The van der Waals surface area contributed by atoms with Crippen molar-refractivity contribution in [3.8, 4) is 5.75 Å². The average molecular weight is 287 g/mol. The molecule has 110 valence electrons. The highest BCUT2D eigenvalue weighted by Crippen LogP contribution is 2.42. The third-order valence-electron chi connectivity index (χ3n) is 3.97. The van der Waals surface area contributed by atoms with Gasteiger partial charge in [0.2, 0.25) is 5.91 Å². The molecule has 1 aromatic carbocycles. The zero-order valence-corrected chi connectivity index (χ0v) is 11.6. The van der Waals surface area contributed by atoms with Crippen molar-refractivity contribution in [3.05, 3.63) is 29.8 Å². The first-order chi connectivity index (χ1) is 10.1. The van der Waals surface area contributed by atoms with Crippen LogP contribution < -0.4 is 10.1 Å². The molecule has 1 heterocycles. The monoisotopic (exact) mass is 287 g/mol. The summed E-state index contributed by atoms with van der Waals surface area (Å²) in [5.74, 6) is -0.938. The molecule has 2 N–H and O–H groups in total. The molecule has 0 aromatic heterocycles. The zero-order chi connectivity index (χ0) is 14.9. The van der Waals surface area contributed by atoms with Crippen molar-refractivity contribution < 1.29 is 19.4 Å². The fourth-order valence-corrected chi connectivity index (χ4v) is 2.98. The highest BCUT2D eigenvalue weighted by Gasteiger charge is 2.36. The Labute approximate surface area is 122 Å². The summed E-state index contributed by atoms with van der Waals surface area (Å²) >= 11 is 0. The number of anilines is 1. The van der Waals surface area contributed by atoms with E-state index in [1.165, 1.54) is 0 Å². The minimum Gasteiger partial charge on any atom is -0.482 e. The minimum absolute atomic E-state index is 0.198. The summed E-state index contributed by atoms with van der Waals surface area (Å²) in [6.45, 7) is 0. The molecule has 1 aliphatic heterocycles. The number of rotatable bonds is 3. The van der Waals surface area contributed by atoms with Crippen molar-refractivity contribution in [1.29, 1.82) is 0 Å². The summed E-state index contributed by atoms with van der Waals surface area (Å²) in [5, 5.41) is 11.3. The number of aliphatic carboxylic acids is 1. The predicted molar refractivity (Wildman–Crippen MR) is 78.2 cm³/mol. The molecular weight excluding hydrogens is 270 g/mol. The molecule has 1 spiro atoms. The second kappa shape index (κ2) is 5.24. The lowest BCUT2D eigenvalue weighted by atomic mass is 9.96. The van der Waals surface area contributed by atoms with Crippen LogP contribution in [-0.4, -0.2) is 22.6 Å². The number of fused-ring (bicyclic) bond motifs is 1. The van der Waals surface area contributed by atoms with Gasteiger partial charge in [0.05, 0.1) is 5.69 Å². The third-order valence-corrected chi connectivity index (χ3v) is 3.97. The van der Waals surface area contributed by atoms with Crippen LogP contribution in [0.4, 0.5) is 5.69 Å². The van der Waals surface area contributed by atoms with Gasteiger partial charge in [-0.25, -0.2) is 0 Å². The minimum atomic E-state index is -1.14. The maximum Gasteiger partial charge on any atom is 0.312 e. The summed E-state index contributed by atoms with van der Waals surface area (Å²) in [4.78, 5) is 22.2. The number of carbonyl (C=O) groups is 2. The molecule has 0 bridgehead atoms. The molecule has 0 atom stereocenters. The van der Waals surface area contributed by atoms with Gasteiger partial charge in [0.15, 0.2) is 0 Å². The quantitative estimate of drug-likeness (QED) is 0.838. The Morgan fingerprint density at radius 3 is 2.76 bits per heavy atom. The van der Waals surface area contributed by atoms with Crippen LogP contribution in [0.2, 0.25) is 0 Å². The summed E-state index contributed by atoms with van der Waals surface area (Å²) in [7, 11) is 0. The van der Waals surface area contributed by atoms with E-state index in [-0.39, 0.29) is 5.60 Å². The number of hydrogen-bond acceptors (Lipinski definition) is 3. The molecule has 1 fully saturated rings. The van der Waals surface area contributed by atoms with E-state index in [1.54, 1.807) is 12.1 Å². The molecule has 0 saturated heterocycles. The molecule has 2 aliphatic rings. The van der Waals surface area contributed by atoms with Crippen LogP contribution in [0.5, 0.6) is 5.75 Å². The molecule has 1 amide bonds. The third kappa shape index (κ3) is 2.77. The molecule has 21 heavy (non-hydrogen) atoms. The largest absolute Gasteiger partial charge is 0.482 e. The van der Waals surface area contributed by atoms with Crippen molar-refractivity contribution in [3.63, 3.8) is 0 Å². The van der Waals surface area contributed by atoms with E-state index in [9.17, 15) is 9.59 Å². The maximum absolute atomic E-state index is 11.6. The van der Waals surface area contributed by atoms with Crippen LogP contribution in [0, 0.1) is 0 Å². The van der Waals surface area contributed by atoms with Gasteiger partial charge < -0.3 is 15.2 Å². The highest BCUT2D eigenvalue weighted by molar-refractivity contribution is 6.02. The number of hydrogen-bond donors (Lipinski definition) is 2. The molecule has 5 nitrogen and oxygen atoms in total. The number of carboxylic acid groups (broad SMARTS) is 1. The Bertz CT molecular complexity index is 615. The van der Waals surface area contributed by atoms with E-state index in [2.05, 4.69) is 11.4 Å². The Hall–Kier alpha value is -2.30. The van der Waals surface area contributed by atoms with E-state index < -0.39 is 18.3 Å². The number of nitrogens with one attached hydrogen (secondary N) is 1. The van der Waals surface area contributed by atoms with Gasteiger partial charge in [-0.3, -0.25) is 9.59 Å². The lowest BCUT2D eigenvalue weighted by Crippen LogP contribution is -2.32. The van der Waals surface area contributed by atoms with Gasteiger partial charge in [-0.05, 0) is 50.0 Å². The second-order valence-corrected chi connectivity index (χ2v) is 5.54. The lowest BCUT2D eigenvalue weighted by molar-refractivity contribution is -0.139. The van der Waals surface area contributed by atoms with Gasteiger partial charge in [0, 0.05) is 5.56 Å². The summed E-state index contributed by atoms with van der Waals surface area (Å²) in [6, 6.07) is 5.43.